The molecule has 2 heterocycles. The second-order valence-corrected chi connectivity index (χ2v) is 7.90. The number of nitrogens with one attached hydrogen (secondary N) is 1. The molecular formula is C22H25F3N6O2. The highest BCUT2D eigenvalue weighted by Crippen LogP contribution is 2.35. The molecule has 1 atom stereocenters. The minimum atomic E-state index is -4.68. The van der Waals surface area contributed by atoms with Crippen molar-refractivity contribution in [2.45, 2.75) is 39.0 Å². The number of nitriles is 1. The first-order valence-electron chi connectivity index (χ1n) is 10.4. The SMILES string of the molecule is CNC(=O)C1CN(c2ccc(C#N)c(C(F)(F)F)c2)CCN1C(=O)CCn1nc(C)cc1C. The Balaban J connectivity index is 1.78. The molecule has 176 valence electrons. The molecule has 33 heavy (non-hydrogen) atoms. The molecule has 1 N–H and O–H groups in total. The first-order chi connectivity index (χ1) is 15.5. The van der Waals surface area contributed by atoms with Crippen molar-refractivity contribution in [3.8, 4) is 6.07 Å². The quantitative estimate of drug-likeness (QED) is 0.736. The fourth-order valence-corrected chi connectivity index (χ4v) is 4.01. The van der Waals surface area contributed by atoms with Crippen LogP contribution in [0.25, 0.3) is 0 Å². The van der Waals surface area contributed by atoms with Gasteiger partial charge in [-0.1, -0.05) is 0 Å². The molecule has 1 aromatic carbocycles. The molecule has 1 unspecified atom stereocenters. The Kier molecular flexibility index (Phi) is 6.95. The monoisotopic (exact) mass is 462 g/mol. The molecule has 2 aromatic rings. The summed E-state index contributed by atoms with van der Waals surface area (Å²) >= 11 is 0. The van der Waals surface area contributed by atoms with Gasteiger partial charge in [0, 0.05) is 51.0 Å². The number of alkyl halides is 3. The second-order valence-electron chi connectivity index (χ2n) is 7.90. The standard InChI is InChI=1S/C22H25F3N6O2/c1-14-10-15(2)31(28-14)7-6-20(32)30-9-8-29(13-19(30)21(33)27-3)17-5-4-16(12-26)18(11-17)22(23,24)25/h4-5,10-11,19H,6-9,13H2,1-3H3,(H,27,33). The van der Waals surface area contributed by atoms with Crippen LogP contribution in [0.3, 0.4) is 0 Å². The summed E-state index contributed by atoms with van der Waals surface area (Å²) in [4.78, 5) is 28.6. The van der Waals surface area contributed by atoms with E-state index >= 15 is 0 Å². The number of hydrogen-bond acceptors (Lipinski definition) is 5. The number of amides is 2. The van der Waals surface area contributed by atoms with Crippen LogP contribution in [0.4, 0.5) is 18.9 Å². The lowest BCUT2D eigenvalue weighted by Crippen LogP contribution is -2.60. The van der Waals surface area contributed by atoms with E-state index in [-0.39, 0.29) is 37.6 Å². The minimum absolute atomic E-state index is 0.0362. The Morgan fingerprint density at radius 3 is 2.55 bits per heavy atom. The van der Waals surface area contributed by atoms with Crippen LogP contribution in [-0.2, 0) is 22.3 Å². The molecule has 11 heteroatoms. The number of aryl methyl sites for hydroxylation is 3. The highest BCUT2D eigenvalue weighted by atomic mass is 19.4. The van der Waals surface area contributed by atoms with E-state index in [0.29, 0.717) is 6.54 Å². The Bertz CT molecular complexity index is 1090. The number of aromatic nitrogens is 2. The lowest BCUT2D eigenvalue weighted by atomic mass is 10.0. The van der Waals surface area contributed by atoms with Crippen LogP contribution in [0, 0.1) is 25.2 Å². The number of likely N-dealkylation sites (N-methyl/N-ethyl adjacent to an activating group) is 1. The molecule has 0 aliphatic carbocycles. The predicted octanol–water partition coefficient (Wildman–Crippen LogP) is 2.24. The van der Waals surface area contributed by atoms with E-state index < -0.39 is 29.3 Å². The Labute approximate surface area is 189 Å². The summed E-state index contributed by atoms with van der Waals surface area (Å²) < 4.78 is 41.8. The lowest BCUT2D eigenvalue weighted by Gasteiger charge is -2.41. The number of halogens is 3. The van der Waals surface area contributed by atoms with Gasteiger partial charge in [0.15, 0.2) is 0 Å². The first kappa shape index (κ1) is 24.1. The lowest BCUT2D eigenvalue weighted by molar-refractivity contribution is -0.141. The molecule has 1 fully saturated rings. The molecule has 1 saturated heterocycles. The van der Waals surface area contributed by atoms with E-state index in [1.54, 1.807) is 15.7 Å². The third-order valence-electron chi connectivity index (χ3n) is 5.68. The molecule has 3 rings (SSSR count). The average molecular weight is 462 g/mol. The Morgan fingerprint density at radius 1 is 1.24 bits per heavy atom. The number of benzene rings is 1. The fraction of sp³-hybridized carbons (Fsp3) is 0.455. The summed E-state index contributed by atoms with van der Waals surface area (Å²) in [6.45, 7) is 4.58. The maximum absolute atomic E-state index is 13.4. The van der Waals surface area contributed by atoms with E-state index in [4.69, 9.17) is 5.26 Å². The van der Waals surface area contributed by atoms with Crippen LogP contribution in [0.2, 0.25) is 0 Å². The van der Waals surface area contributed by atoms with Crippen molar-refractivity contribution in [2.24, 2.45) is 0 Å². The molecule has 0 saturated carbocycles. The highest BCUT2D eigenvalue weighted by Gasteiger charge is 2.37. The number of rotatable bonds is 5. The minimum Gasteiger partial charge on any atom is -0.367 e. The molecule has 1 aliphatic heterocycles. The van der Waals surface area contributed by atoms with Crippen molar-refractivity contribution in [1.82, 2.24) is 20.0 Å². The van der Waals surface area contributed by atoms with Gasteiger partial charge in [0.25, 0.3) is 0 Å². The fourth-order valence-electron chi connectivity index (χ4n) is 4.01. The van der Waals surface area contributed by atoms with Gasteiger partial charge in [-0.15, -0.1) is 0 Å². The molecule has 1 aromatic heterocycles. The molecule has 1 aliphatic rings. The molecular weight excluding hydrogens is 437 g/mol. The first-order valence-corrected chi connectivity index (χ1v) is 10.4. The second kappa shape index (κ2) is 9.52. The third-order valence-corrected chi connectivity index (χ3v) is 5.68. The van der Waals surface area contributed by atoms with Gasteiger partial charge in [0.05, 0.1) is 22.9 Å². The van der Waals surface area contributed by atoms with Gasteiger partial charge in [0.2, 0.25) is 11.8 Å². The number of hydrogen-bond donors (Lipinski definition) is 1. The molecule has 0 spiro atoms. The molecule has 0 bridgehead atoms. The molecule has 8 nitrogen and oxygen atoms in total. The van der Waals surface area contributed by atoms with E-state index in [1.165, 1.54) is 18.0 Å². The van der Waals surface area contributed by atoms with Crippen LogP contribution >= 0.6 is 0 Å². The summed E-state index contributed by atoms with van der Waals surface area (Å²) in [5.41, 5.74) is 0.520. The van der Waals surface area contributed by atoms with Gasteiger partial charge in [-0.2, -0.15) is 23.5 Å². The van der Waals surface area contributed by atoms with Crippen molar-refractivity contribution in [1.29, 1.82) is 5.26 Å². The van der Waals surface area contributed by atoms with Crippen LogP contribution in [-0.4, -0.2) is 59.2 Å². The van der Waals surface area contributed by atoms with E-state index in [0.717, 1.165) is 23.5 Å². The van der Waals surface area contributed by atoms with Crippen molar-refractivity contribution in [3.63, 3.8) is 0 Å². The van der Waals surface area contributed by atoms with Crippen LogP contribution < -0.4 is 10.2 Å². The van der Waals surface area contributed by atoms with Crippen LogP contribution in [0.5, 0.6) is 0 Å². The van der Waals surface area contributed by atoms with Crippen molar-refractivity contribution < 1.29 is 22.8 Å². The molecule has 0 radical (unpaired) electrons. The maximum Gasteiger partial charge on any atom is 0.417 e. The van der Waals surface area contributed by atoms with E-state index in [2.05, 4.69) is 10.4 Å². The van der Waals surface area contributed by atoms with Crippen molar-refractivity contribution in [3.05, 3.63) is 46.8 Å². The zero-order chi connectivity index (χ0) is 24.3. The van der Waals surface area contributed by atoms with Crippen molar-refractivity contribution in [2.75, 3.05) is 31.6 Å². The predicted molar refractivity (Wildman–Crippen MR) is 114 cm³/mol. The Morgan fingerprint density at radius 2 is 1.97 bits per heavy atom. The summed E-state index contributed by atoms with van der Waals surface area (Å²) in [5.74, 6) is -0.629. The normalized spacial score (nSPS) is 16.5. The third kappa shape index (κ3) is 5.27. The van der Waals surface area contributed by atoms with E-state index in [1.807, 2.05) is 19.9 Å². The number of carbonyl (C=O) groups excluding carboxylic acids is 2. The van der Waals surface area contributed by atoms with Gasteiger partial charge in [-0.05, 0) is 38.1 Å². The summed E-state index contributed by atoms with van der Waals surface area (Å²) in [6, 6.07) is 6.07. The van der Waals surface area contributed by atoms with Gasteiger partial charge in [-0.3, -0.25) is 14.3 Å². The maximum atomic E-state index is 13.4. The highest BCUT2D eigenvalue weighted by molar-refractivity contribution is 5.88. The van der Waals surface area contributed by atoms with Gasteiger partial charge >= 0.3 is 6.18 Å². The molecule has 2 amide bonds. The summed E-state index contributed by atoms with van der Waals surface area (Å²) in [6.07, 6.45) is -4.54. The van der Waals surface area contributed by atoms with Crippen LogP contribution in [0.1, 0.15) is 28.9 Å². The number of nitrogens with zero attached hydrogens (tertiary/aromatic N) is 5. The summed E-state index contributed by atoms with van der Waals surface area (Å²) in [7, 11) is 1.45. The number of anilines is 1. The van der Waals surface area contributed by atoms with Crippen LogP contribution in [0.15, 0.2) is 24.3 Å². The van der Waals surface area contributed by atoms with E-state index in [9.17, 15) is 22.8 Å². The smallest absolute Gasteiger partial charge is 0.367 e. The average Bonchev–Trinajstić information content (AvgIpc) is 3.12. The summed E-state index contributed by atoms with van der Waals surface area (Å²) in [5, 5.41) is 15.9. The topological polar surface area (TPSA) is 94.3 Å². The van der Waals surface area contributed by atoms with Gasteiger partial charge in [-0.25, -0.2) is 0 Å². The zero-order valence-corrected chi connectivity index (χ0v) is 18.6. The van der Waals surface area contributed by atoms with Crippen molar-refractivity contribution >= 4 is 17.5 Å². The largest absolute Gasteiger partial charge is 0.417 e. The van der Waals surface area contributed by atoms with Gasteiger partial charge < -0.3 is 15.1 Å². The number of carbonyl (C=O) groups is 2. The Hall–Kier alpha value is -3.55. The number of piperazine rings is 1. The zero-order valence-electron chi connectivity index (χ0n) is 18.6. The van der Waals surface area contributed by atoms with Gasteiger partial charge in [0.1, 0.15) is 6.04 Å².